The van der Waals surface area contributed by atoms with Gasteiger partial charge in [-0.3, -0.25) is 0 Å². The first-order valence-electron chi connectivity index (χ1n) is 6.66. The second kappa shape index (κ2) is 6.48. The minimum Gasteiger partial charge on any atom is -0.304 e. The number of rotatable bonds is 4. The zero-order valence-electron chi connectivity index (χ0n) is 12.1. The van der Waals surface area contributed by atoms with Crippen molar-refractivity contribution in [2.24, 2.45) is 0 Å². The lowest BCUT2D eigenvalue weighted by atomic mass is 10.0. The van der Waals surface area contributed by atoms with Crippen molar-refractivity contribution in [2.45, 2.75) is 39.8 Å². The smallest absolute Gasteiger partial charge is 0.0468 e. The minimum absolute atomic E-state index is 0.175. The van der Waals surface area contributed by atoms with Gasteiger partial charge in [0.15, 0.2) is 0 Å². The summed E-state index contributed by atoms with van der Waals surface area (Å²) in [6.45, 7) is 8.63. The molecule has 1 aromatic heterocycles. The third kappa shape index (κ3) is 3.56. The summed E-state index contributed by atoms with van der Waals surface area (Å²) in [4.78, 5) is 2.72. The summed E-state index contributed by atoms with van der Waals surface area (Å²) in [5, 5.41) is 4.99. The Morgan fingerprint density at radius 3 is 2.20 bits per heavy atom. The quantitative estimate of drug-likeness (QED) is 0.717. The molecule has 0 saturated carbocycles. The standard InChI is InChI=1S/C16H19Cl2NS/c1-9-7-15(12(4)20-9)11(3)19-10(2)14-6-5-13(17)8-16(14)18/h5-8,10-11,19H,1-4H3. The van der Waals surface area contributed by atoms with Gasteiger partial charge in [-0.15, -0.1) is 11.3 Å². The Morgan fingerprint density at radius 2 is 1.65 bits per heavy atom. The zero-order chi connectivity index (χ0) is 14.9. The van der Waals surface area contributed by atoms with Gasteiger partial charge in [-0.05, 0) is 57.0 Å². The number of aryl methyl sites for hydroxylation is 2. The van der Waals surface area contributed by atoms with Gasteiger partial charge >= 0.3 is 0 Å². The van der Waals surface area contributed by atoms with E-state index in [0.29, 0.717) is 16.1 Å². The van der Waals surface area contributed by atoms with E-state index in [9.17, 15) is 0 Å². The van der Waals surface area contributed by atoms with Gasteiger partial charge < -0.3 is 5.32 Å². The van der Waals surface area contributed by atoms with Crippen LogP contribution in [0.15, 0.2) is 24.3 Å². The van der Waals surface area contributed by atoms with Crippen molar-refractivity contribution in [3.05, 3.63) is 55.2 Å². The molecule has 4 heteroatoms. The van der Waals surface area contributed by atoms with Crippen molar-refractivity contribution in [1.29, 1.82) is 0 Å². The van der Waals surface area contributed by atoms with Gasteiger partial charge in [0.1, 0.15) is 0 Å². The third-order valence-corrected chi connectivity index (χ3v) is 5.02. The first-order chi connectivity index (χ1) is 9.38. The molecule has 0 aliphatic heterocycles. The number of thiophene rings is 1. The molecule has 2 aromatic rings. The van der Waals surface area contributed by atoms with E-state index in [0.717, 1.165) is 5.56 Å². The van der Waals surface area contributed by atoms with Crippen LogP contribution in [0.3, 0.4) is 0 Å². The Kier molecular flexibility index (Phi) is 5.14. The van der Waals surface area contributed by atoms with Gasteiger partial charge in [-0.25, -0.2) is 0 Å². The Labute approximate surface area is 134 Å². The highest BCUT2D eigenvalue weighted by Crippen LogP contribution is 2.30. The number of hydrogen-bond acceptors (Lipinski definition) is 2. The highest BCUT2D eigenvalue weighted by molar-refractivity contribution is 7.12. The van der Waals surface area contributed by atoms with Gasteiger partial charge in [-0.2, -0.15) is 0 Å². The predicted octanol–water partition coefficient (Wildman–Crippen LogP) is 6.08. The van der Waals surface area contributed by atoms with Crippen molar-refractivity contribution in [3.63, 3.8) is 0 Å². The van der Waals surface area contributed by atoms with Gasteiger partial charge in [0.2, 0.25) is 0 Å². The van der Waals surface area contributed by atoms with E-state index in [1.54, 1.807) is 6.07 Å². The van der Waals surface area contributed by atoms with E-state index in [1.807, 2.05) is 23.5 Å². The summed E-state index contributed by atoms with van der Waals surface area (Å²) in [5.74, 6) is 0. The maximum absolute atomic E-state index is 6.27. The van der Waals surface area contributed by atoms with Gasteiger partial charge in [-0.1, -0.05) is 29.3 Å². The molecule has 1 nitrogen and oxygen atoms in total. The summed E-state index contributed by atoms with van der Waals surface area (Å²) in [5.41, 5.74) is 2.44. The summed E-state index contributed by atoms with van der Waals surface area (Å²) in [6.07, 6.45) is 0. The Morgan fingerprint density at radius 1 is 1.00 bits per heavy atom. The molecule has 1 heterocycles. The Bertz CT molecular complexity index is 607. The average Bonchev–Trinajstić information content (AvgIpc) is 2.68. The van der Waals surface area contributed by atoms with Gasteiger partial charge in [0.05, 0.1) is 0 Å². The van der Waals surface area contributed by atoms with Crippen LogP contribution in [0.1, 0.15) is 46.8 Å². The molecule has 1 aromatic carbocycles. The first kappa shape index (κ1) is 15.8. The second-order valence-electron chi connectivity index (χ2n) is 5.14. The molecule has 0 aliphatic carbocycles. The molecule has 108 valence electrons. The molecule has 0 bridgehead atoms. The molecule has 0 fully saturated rings. The zero-order valence-corrected chi connectivity index (χ0v) is 14.5. The van der Waals surface area contributed by atoms with Crippen molar-refractivity contribution >= 4 is 34.5 Å². The van der Waals surface area contributed by atoms with E-state index < -0.39 is 0 Å². The molecular weight excluding hydrogens is 309 g/mol. The molecule has 2 atom stereocenters. The molecule has 0 spiro atoms. The van der Waals surface area contributed by atoms with Crippen molar-refractivity contribution in [1.82, 2.24) is 5.32 Å². The van der Waals surface area contributed by atoms with E-state index in [1.165, 1.54) is 15.3 Å². The Balaban J connectivity index is 2.14. The van der Waals surface area contributed by atoms with Gasteiger partial charge in [0, 0.05) is 31.9 Å². The topological polar surface area (TPSA) is 12.0 Å². The van der Waals surface area contributed by atoms with Crippen LogP contribution in [0.5, 0.6) is 0 Å². The number of hydrogen-bond donors (Lipinski definition) is 1. The van der Waals surface area contributed by atoms with Crippen LogP contribution in [0.25, 0.3) is 0 Å². The van der Waals surface area contributed by atoms with E-state index in [4.69, 9.17) is 23.2 Å². The molecule has 2 rings (SSSR count). The van der Waals surface area contributed by atoms with E-state index in [-0.39, 0.29) is 6.04 Å². The molecule has 1 N–H and O–H groups in total. The lowest BCUT2D eigenvalue weighted by Gasteiger charge is -2.21. The SMILES string of the molecule is Cc1cc(C(C)NC(C)c2ccc(Cl)cc2Cl)c(C)s1. The normalized spacial score (nSPS) is 14.3. The van der Waals surface area contributed by atoms with Gasteiger partial charge in [0.25, 0.3) is 0 Å². The van der Waals surface area contributed by atoms with Crippen LogP contribution in [0, 0.1) is 13.8 Å². The lowest BCUT2D eigenvalue weighted by molar-refractivity contribution is 0.494. The number of nitrogens with one attached hydrogen (secondary N) is 1. The summed E-state index contributed by atoms with van der Waals surface area (Å²) in [7, 11) is 0. The molecule has 0 radical (unpaired) electrons. The van der Waals surface area contributed by atoms with Crippen molar-refractivity contribution < 1.29 is 0 Å². The van der Waals surface area contributed by atoms with Crippen LogP contribution in [-0.4, -0.2) is 0 Å². The maximum Gasteiger partial charge on any atom is 0.0468 e. The Hall–Kier alpha value is -0.540. The molecule has 0 aliphatic rings. The molecule has 2 unspecified atom stereocenters. The van der Waals surface area contributed by atoms with E-state index in [2.05, 4.69) is 39.1 Å². The largest absolute Gasteiger partial charge is 0.304 e. The first-order valence-corrected chi connectivity index (χ1v) is 8.23. The minimum atomic E-state index is 0.175. The summed E-state index contributed by atoms with van der Waals surface area (Å²) < 4.78 is 0. The second-order valence-corrected chi connectivity index (χ2v) is 7.45. The highest BCUT2D eigenvalue weighted by Gasteiger charge is 2.16. The summed E-state index contributed by atoms with van der Waals surface area (Å²) >= 11 is 14.1. The maximum atomic E-state index is 6.27. The van der Waals surface area contributed by atoms with E-state index >= 15 is 0 Å². The fourth-order valence-corrected chi connectivity index (χ4v) is 4.08. The fourth-order valence-electron chi connectivity index (χ4n) is 2.49. The van der Waals surface area contributed by atoms with Crippen molar-refractivity contribution in [3.8, 4) is 0 Å². The fraction of sp³-hybridized carbons (Fsp3) is 0.375. The number of halogens is 2. The van der Waals surface area contributed by atoms with Crippen LogP contribution in [-0.2, 0) is 0 Å². The highest BCUT2D eigenvalue weighted by atomic mass is 35.5. The number of benzene rings is 1. The van der Waals surface area contributed by atoms with Crippen LogP contribution >= 0.6 is 34.5 Å². The monoisotopic (exact) mass is 327 g/mol. The molecular formula is C16H19Cl2NS. The van der Waals surface area contributed by atoms with Crippen molar-refractivity contribution in [2.75, 3.05) is 0 Å². The third-order valence-electron chi connectivity index (χ3n) is 3.47. The van der Waals surface area contributed by atoms with Crippen LogP contribution in [0.2, 0.25) is 10.0 Å². The average molecular weight is 328 g/mol. The summed E-state index contributed by atoms with van der Waals surface area (Å²) in [6, 6.07) is 8.39. The lowest BCUT2D eigenvalue weighted by Crippen LogP contribution is -2.22. The predicted molar refractivity (Wildman–Crippen MR) is 90.2 cm³/mol. The van der Waals surface area contributed by atoms with Crippen LogP contribution in [0.4, 0.5) is 0 Å². The molecule has 0 amide bonds. The van der Waals surface area contributed by atoms with Crippen LogP contribution < -0.4 is 5.32 Å². The molecule has 20 heavy (non-hydrogen) atoms. The molecule has 0 saturated heterocycles.